The fraction of sp³-hybridized carbons (Fsp3) is 0.364. The van der Waals surface area contributed by atoms with E-state index in [1.165, 1.54) is 22.0 Å². The Morgan fingerprint density at radius 3 is 2.64 bits per heavy atom. The minimum absolute atomic E-state index is 0.298. The average Bonchev–Trinajstić information content (AvgIpc) is 2.95. The molecule has 1 atom stereocenters. The molecule has 0 bridgehead atoms. The number of hydrogen-bond donors (Lipinski definition) is 1. The van der Waals surface area contributed by atoms with Gasteiger partial charge in [-0.15, -0.1) is 0 Å². The van der Waals surface area contributed by atoms with Crippen LogP contribution in [0.1, 0.15) is 30.9 Å². The second-order valence-corrected chi connectivity index (χ2v) is 7.20. The number of benzene rings is 2. The molecule has 0 aliphatic rings. The van der Waals surface area contributed by atoms with E-state index < -0.39 is 0 Å². The van der Waals surface area contributed by atoms with Gasteiger partial charge < -0.3 is 15.0 Å². The SMILES string of the molecule is CC(C)COc1cccc(CC(CN)c2cn(C)c3ccccc23)c1. The molecule has 0 radical (unpaired) electrons. The highest BCUT2D eigenvalue weighted by Crippen LogP contribution is 2.30. The highest BCUT2D eigenvalue weighted by Gasteiger charge is 2.16. The normalized spacial score (nSPS) is 12.7. The molecule has 0 saturated heterocycles. The van der Waals surface area contributed by atoms with Crippen molar-refractivity contribution in [1.82, 2.24) is 4.57 Å². The first kappa shape index (κ1) is 17.6. The number of fused-ring (bicyclic) bond motifs is 1. The molecule has 3 nitrogen and oxygen atoms in total. The zero-order chi connectivity index (χ0) is 17.8. The van der Waals surface area contributed by atoms with Crippen molar-refractivity contribution in [1.29, 1.82) is 0 Å². The van der Waals surface area contributed by atoms with Gasteiger partial charge in [0.2, 0.25) is 0 Å². The zero-order valence-electron chi connectivity index (χ0n) is 15.4. The molecule has 2 N–H and O–H groups in total. The van der Waals surface area contributed by atoms with Gasteiger partial charge in [-0.05, 0) is 48.2 Å². The Labute approximate surface area is 150 Å². The van der Waals surface area contributed by atoms with Crippen molar-refractivity contribution in [3.05, 3.63) is 65.9 Å². The Morgan fingerprint density at radius 1 is 1.08 bits per heavy atom. The minimum Gasteiger partial charge on any atom is -0.493 e. The molecule has 25 heavy (non-hydrogen) atoms. The standard InChI is InChI=1S/C22H28N2O/c1-16(2)15-25-19-8-6-7-17(12-19)11-18(13-23)21-14-24(3)22-10-5-4-9-20(21)22/h4-10,12,14,16,18H,11,13,15,23H2,1-3H3. The topological polar surface area (TPSA) is 40.2 Å². The zero-order valence-corrected chi connectivity index (χ0v) is 15.4. The summed E-state index contributed by atoms with van der Waals surface area (Å²) in [6.45, 7) is 5.70. The van der Waals surface area contributed by atoms with Gasteiger partial charge in [0.05, 0.1) is 6.61 Å². The molecule has 3 heteroatoms. The van der Waals surface area contributed by atoms with Crippen molar-refractivity contribution in [2.75, 3.05) is 13.2 Å². The lowest BCUT2D eigenvalue weighted by molar-refractivity contribution is 0.271. The Hall–Kier alpha value is -2.26. The molecule has 1 aromatic heterocycles. The fourth-order valence-electron chi connectivity index (χ4n) is 3.33. The molecule has 1 heterocycles. The van der Waals surface area contributed by atoms with Crippen LogP contribution in [-0.2, 0) is 13.5 Å². The molecule has 0 saturated carbocycles. The average molecular weight is 336 g/mol. The summed E-state index contributed by atoms with van der Waals surface area (Å²) in [5, 5.41) is 1.30. The van der Waals surface area contributed by atoms with Crippen molar-refractivity contribution in [3.63, 3.8) is 0 Å². The number of aromatic nitrogens is 1. The van der Waals surface area contributed by atoms with E-state index in [2.05, 4.69) is 74.1 Å². The lowest BCUT2D eigenvalue weighted by Crippen LogP contribution is -2.15. The van der Waals surface area contributed by atoms with E-state index in [0.717, 1.165) is 18.8 Å². The third-order valence-electron chi connectivity index (χ3n) is 4.62. The van der Waals surface area contributed by atoms with Crippen LogP contribution in [0.3, 0.4) is 0 Å². The number of nitrogens with two attached hydrogens (primary N) is 1. The monoisotopic (exact) mass is 336 g/mol. The van der Waals surface area contributed by atoms with Crippen LogP contribution in [0.15, 0.2) is 54.7 Å². The van der Waals surface area contributed by atoms with E-state index in [1.54, 1.807) is 0 Å². The number of para-hydroxylation sites is 1. The van der Waals surface area contributed by atoms with Crippen molar-refractivity contribution in [2.45, 2.75) is 26.2 Å². The Bertz CT molecular complexity index is 835. The first-order chi connectivity index (χ1) is 12.1. The summed E-state index contributed by atoms with van der Waals surface area (Å²) in [6, 6.07) is 16.9. The van der Waals surface area contributed by atoms with Gasteiger partial charge in [0.1, 0.15) is 5.75 Å². The highest BCUT2D eigenvalue weighted by atomic mass is 16.5. The third kappa shape index (κ3) is 4.05. The first-order valence-corrected chi connectivity index (χ1v) is 9.04. The van der Waals surface area contributed by atoms with Crippen LogP contribution >= 0.6 is 0 Å². The van der Waals surface area contributed by atoms with Gasteiger partial charge in [-0.3, -0.25) is 0 Å². The Morgan fingerprint density at radius 2 is 1.88 bits per heavy atom. The van der Waals surface area contributed by atoms with E-state index in [0.29, 0.717) is 18.4 Å². The van der Waals surface area contributed by atoms with Crippen molar-refractivity contribution in [3.8, 4) is 5.75 Å². The van der Waals surface area contributed by atoms with Gasteiger partial charge in [0.25, 0.3) is 0 Å². The van der Waals surface area contributed by atoms with Crippen LogP contribution in [0.4, 0.5) is 0 Å². The summed E-state index contributed by atoms with van der Waals surface area (Å²) in [7, 11) is 2.10. The maximum absolute atomic E-state index is 6.15. The van der Waals surface area contributed by atoms with Crippen LogP contribution in [-0.4, -0.2) is 17.7 Å². The number of nitrogens with zero attached hydrogens (tertiary/aromatic N) is 1. The molecule has 3 rings (SSSR count). The molecule has 0 spiro atoms. The van der Waals surface area contributed by atoms with Crippen molar-refractivity contribution < 1.29 is 4.74 Å². The van der Waals surface area contributed by atoms with Crippen LogP contribution in [0.5, 0.6) is 5.75 Å². The predicted molar refractivity (Wildman–Crippen MR) is 105 cm³/mol. The van der Waals surface area contributed by atoms with Gasteiger partial charge in [-0.2, -0.15) is 0 Å². The van der Waals surface area contributed by atoms with Gasteiger partial charge >= 0.3 is 0 Å². The predicted octanol–water partition coefficient (Wildman–Crippen LogP) is 4.50. The van der Waals surface area contributed by atoms with Gasteiger partial charge in [-0.25, -0.2) is 0 Å². The third-order valence-corrected chi connectivity index (χ3v) is 4.62. The molecule has 1 unspecified atom stereocenters. The number of ether oxygens (including phenoxy) is 1. The summed E-state index contributed by atoms with van der Waals surface area (Å²) >= 11 is 0. The van der Waals surface area contributed by atoms with E-state index in [9.17, 15) is 0 Å². The van der Waals surface area contributed by atoms with Crippen LogP contribution in [0, 0.1) is 5.92 Å². The quantitative estimate of drug-likeness (QED) is 0.690. The molecular formula is C22H28N2O. The fourth-order valence-corrected chi connectivity index (χ4v) is 3.33. The van der Waals surface area contributed by atoms with Crippen LogP contribution in [0.2, 0.25) is 0 Å². The highest BCUT2D eigenvalue weighted by molar-refractivity contribution is 5.84. The smallest absolute Gasteiger partial charge is 0.119 e. The van der Waals surface area contributed by atoms with Gasteiger partial charge in [0.15, 0.2) is 0 Å². The van der Waals surface area contributed by atoms with Crippen molar-refractivity contribution in [2.24, 2.45) is 18.7 Å². The largest absolute Gasteiger partial charge is 0.493 e. The van der Waals surface area contributed by atoms with E-state index in [1.807, 2.05) is 6.07 Å². The van der Waals surface area contributed by atoms with E-state index in [-0.39, 0.29) is 0 Å². The molecule has 3 aromatic rings. The van der Waals surface area contributed by atoms with Gasteiger partial charge in [0, 0.05) is 30.1 Å². The number of hydrogen-bond acceptors (Lipinski definition) is 2. The molecular weight excluding hydrogens is 308 g/mol. The summed E-state index contributed by atoms with van der Waals surface area (Å²) in [5.74, 6) is 1.77. The van der Waals surface area contributed by atoms with Gasteiger partial charge in [-0.1, -0.05) is 44.2 Å². The molecule has 2 aromatic carbocycles. The summed E-state index contributed by atoms with van der Waals surface area (Å²) in [4.78, 5) is 0. The molecule has 132 valence electrons. The minimum atomic E-state index is 0.298. The lowest BCUT2D eigenvalue weighted by Gasteiger charge is -2.16. The molecule has 0 fully saturated rings. The summed E-state index contributed by atoms with van der Waals surface area (Å²) in [6.07, 6.45) is 3.14. The number of rotatable bonds is 7. The molecule has 0 aliphatic carbocycles. The Balaban J connectivity index is 1.83. The van der Waals surface area contributed by atoms with E-state index >= 15 is 0 Å². The summed E-state index contributed by atoms with van der Waals surface area (Å²) < 4.78 is 8.06. The summed E-state index contributed by atoms with van der Waals surface area (Å²) in [5.41, 5.74) is 10.00. The Kier molecular flexibility index (Phi) is 5.44. The van der Waals surface area contributed by atoms with Crippen molar-refractivity contribution >= 4 is 10.9 Å². The van der Waals surface area contributed by atoms with Crippen LogP contribution in [0.25, 0.3) is 10.9 Å². The maximum atomic E-state index is 6.15. The number of aryl methyl sites for hydroxylation is 1. The van der Waals surface area contributed by atoms with Crippen LogP contribution < -0.4 is 10.5 Å². The maximum Gasteiger partial charge on any atom is 0.119 e. The molecule has 0 aliphatic heterocycles. The lowest BCUT2D eigenvalue weighted by atomic mass is 9.91. The van der Waals surface area contributed by atoms with E-state index in [4.69, 9.17) is 10.5 Å². The first-order valence-electron chi connectivity index (χ1n) is 9.04. The second-order valence-electron chi connectivity index (χ2n) is 7.20. The second kappa shape index (κ2) is 7.75. The molecule has 0 amide bonds.